The molecule has 5 aromatic rings. The zero-order valence-corrected chi connectivity index (χ0v) is 41.8. The number of likely N-dealkylation sites (tertiary alicyclic amines) is 2. The van der Waals surface area contributed by atoms with E-state index in [1.807, 2.05) is 62.4 Å². The highest BCUT2D eigenvalue weighted by Gasteiger charge is 2.44. The summed E-state index contributed by atoms with van der Waals surface area (Å²) in [7, 11) is 1.54. The number of halogens is 3. The number of ether oxygens (including phenoxy) is 2. The molecule has 2 aliphatic heterocycles. The van der Waals surface area contributed by atoms with Crippen molar-refractivity contribution in [3.8, 4) is 21.9 Å². The number of thiazole rings is 1. The van der Waals surface area contributed by atoms with E-state index in [1.165, 1.54) is 30.5 Å². The maximum absolute atomic E-state index is 14.9. The lowest BCUT2D eigenvalue weighted by Crippen LogP contribution is -2.57. The maximum atomic E-state index is 14.9. The molecule has 2 fully saturated rings. The van der Waals surface area contributed by atoms with Gasteiger partial charge in [0.1, 0.15) is 30.3 Å². The molecule has 0 saturated carbocycles. The quantitative estimate of drug-likeness (QED) is 0.0485. The van der Waals surface area contributed by atoms with Crippen LogP contribution in [-0.4, -0.2) is 105 Å². The first-order valence-electron chi connectivity index (χ1n) is 23.2. The lowest BCUT2D eigenvalue weighted by atomic mass is 9.85. The van der Waals surface area contributed by atoms with Crippen LogP contribution >= 0.6 is 34.5 Å². The van der Waals surface area contributed by atoms with Gasteiger partial charge in [0.15, 0.2) is 17.3 Å². The molecular formula is C50H59Cl2FN8O7S. The summed E-state index contributed by atoms with van der Waals surface area (Å²) < 4.78 is 26.9. The topological polar surface area (TPSA) is 188 Å². The Bertz CT molecular complexity index is 2640. The Morgan fingerprint density at radius 2 is 1.68 bits per heavy atom. The van der Waals surface area contributed by atoms with Gasteiger partial charge in [-0.05, 0) is 54.5 Å². The number of carbonyl (C=O) groups excluding carboxylic acids is 4. The summed E-state index contributed by atoms with van der Waals surface area (Å²) in [6.45, 7) is 8.87. The number of anilines is 2. The van der Waals surface area contributed by atoms with Crippen molar-refractivity contribution in [1.82, 2.24) is 35.4 Å². The molecule has 3 aromatic carbocycles. The van der Waals surface area contributed by atoms with Gasteiger partial charge >= 0.3 is 0 Å². The SMILES string of the molecule is COc1cc2ncnc(Nc3ccc(Cl)c(Cl)c3F)c2cc1OC1CCN(C(=O)CCCCCCC(=O)N[C@H](C(=O)N2C[C@H](O)C[C@H]2C(=O)NCc2ccc(-c3scnc3C)cc2)C(C)(C)C)CC1. The van der Waals surface area contributed by atoms with Crippen LogP contribution in [0, 0.1) is 18.2 Å². The van der Waals surface area contributed by atoms with E-state index < -0.39 is 35.3 Å². The summed E-state index contributed by atoms with van der Waals surface area (Å²) in [4.78, 5) is 71.3. The van der Waals surface area contributed by atoms with Crippen molar-refractivity contribution in [1.29, 1.82) is 0 Å². The number of hydrogen-bond donors (Lipinski definition) is 4. The summed E-state index contributed by atoms with van der Waals surface area (Å²) in [6, 6.07) is 12.5. The molecule has 7 rings (SSSR count). The number of β-amino-alcohol motifs (C(OH)–C–C–N with tert-alkyl or cyclic N) is 1. The number of aryl methyl sites for hydroxylation is 1. The molecule has 4 heterocycles. The first-order valence-corrected chi connectivity index (χ1v) is 24.9. The molecule has 2 aromatic heterocycles. The van der Waals surface area contributed by atoms with Gasteiger partial charge in [-0.15, -0.1) is 11.3 Å². The second kappa shape index (κ2) is 22.9. The van der Waals surface area contributed by atoms with Crippen molar-refractivity contribution in [2.45, 2.75) is 116 Å². The number of nitrogens with zero attached hydrogens (tertiary/aromatic N) is 5. The van der Waals surface area contributed by atoms with E-state index in [9.17, 15) is 28.7 Å². The summed E-state index contributed by atoms with van der Waals surface area (Å²) in [5, 5.41) is 19.9. The number of carbonyl (C=O) groups is 4. The summed E-state index contributed by atoms with van der Waals surface area (Å²) in [5.74, 6) is -0.400. The number of aromatic nitrogens is 3. The van der Waals surface area contributed by atoms with Crippen LogP contribution in [0.15, 0.2) is 60.4 Å². The average molecular weight is 1010 g/mol. The van der Waals surface area contributed by atoms with Gasteiger partial charge < -0.3 is 40.3 Å². The van der Waals surface area contributed by atoms with Gasteiger partial charge in [-0.1, -0.05) is 81.1 Å². The molecule has 0 unspecified atom stereocenters. The van der Waals surface area contributed by atoms with Gasteiger partial charge in [0, 0.05) is 69.7 Å². The van der Waals surface area contributed by atoms with Crippen LogP contribution in [0.4, 0.5) is 15.9 Å². The van der Waals surface area contributed by atoms with Crippen molar-refractivity contribution >= 4 is 80.6 Å². The number of piperidine rings is 1. The molecule has 69 heavy (non-hydrogen) atoms. The largest absolute Gasteiger partial charge is 0.493 e. The smallest absolute Gasteiger partial charge is 0.246 e. The van der Waals surface area contributed by atoms with E-state index in [4.69, 9.17) is 32.7 Å². The molecular weight excluding hydrogens is 947 g/mol. The van der Waals surface area contributed by atoms with E-state index in [1.54, 1.807) is 23.5 Å². The zero-order valence-electron chi connectivity index (χ0n) is 39.5. The maximum Gasteiger partial charge on any atom is 0.246 e. The molecule has 0 aliphatic carbocycles. The minimum absolute atomic E-state index is 0.00293. The summed E-state index contributed by atoms with van der Waals surface area (Å²) in [5.41, 5.74) is 4.70. The molecule has 0 bridgehead atoms. The van der Waals surface area contributed by atoms with E-state index >= 15 is 0 Å². The molecule has 2 saturated heterocycles. The van der Waals surface area contributed by atoms with Gasteiger partial charge in [0.2, 0.25) is 23.6 Å². The van der Waals surface area contributed by atoms with Crippen molar-refractivity contribution in [2.24, 2.45) is 5.41 Å². The fraction of sp³-hybridized carbons (Fsp3) is 0.460. The molecule has 15 nitrogen and oxygen atoms in total. The fourth-order valence-corrected chi connectivity index (χ4v) is 9.78. The highest BCUT2D eigenvalue weighted by molar-refractivity contribution is 7.13. The third-order valence-corrected chi connectivity index (χ3v) is 14.3. The van der Waals surface area contributed by atoms with Crippen molar-refractivity contribution in [3.63, 3.8) is 0 Å². The monoisotopic (exact) mass is 1000 g/mol. The number of rotatable bonds is 18. The van der Waals surface area contributed by atoms with Gasteiger partial charge in [-0.2, -0.15) is 0 Å². The van der Waals surface area contributed by atoms with E-state index in [0.717, 1.165) is 34.5 Å². The zero-order chi connectivity index (χ0) is 49.4. The van der Waals surface area contributed by atoms with Crippen molar-refractivity contribution in [2.75, 3.05) is 32.1 Å². The predicted octanol–water partition coefficient (Wildman–Crippen LogP) is 8.78. The number of nitrogens with one attached hydrogen (secondary N) is 3. The minimum atomic E-state index is -0.909. The van der Waals surface area contributed by atoms with Gasteiger partial charge in [-0.25, -0.2) is 19.3 Å². The first kappa shape index (κ1) is 51.2. The Morgan fingerprint density at radius 3 is 2.36 bits per heavy atom. The number of methoxy groups -OCH3 is 1. The Labute approximate surface area is 415 Å². The molecule has 4 N–H and O–H groups in total. The highest BCUT2D eigenvalue weighted by Crippen LogP contribution is 2.38. The van der Waals surface area contributed by atoms with Gasteiger partial charge in [0.05, 0.1) is 50.5 Å². The van der Waals surface area contributed by atoms with Gasteiger partial charge in [-0.3, -0.25) is 19.2 Å². The second-order valence-corrected chi connectivity index (χ2v) is 20.3. The fourth-order valence-electron chi connectivity index (χ4n) is 8.65. The van der Waals surface area contributed by atoms with Gasteiger partial charge in [0.25, 0.3) is 0 Å². The lowest BCUT2D eigenvalue weighted by molar-refractivity contribution is -0.144. The van der Waals surface area contributed by atoms with Crippen LogP contribution in [0.3, 0.4) is 0 Å². The van der Waals surface area contributed by atoms with E-state index in [-0.39, 0.29) is 65.5 Å². The minimum Gasteiger partial charge on any atom is -0.493 e. The Kier molecular flexibility index (Phi) is 17.0. The van der Waals surface area contributed by atoms with Crippen LogP contribution < -0.4 is 25.4 Å². The number of aliphatic hydroxyl groups is 1. The number of benzene rings is 3. The number of hydrogen-bond acceptors (Lipinski definition) is 12. The van der Waals surface area contributed by atoms with E-state index in [0.29, 0.717) is 73.4 Å². The van der Waals surface area contributed by atoms with Crippen molar-refractivity contribution < 1.29 is 38.1 Å². The Balaban J connectivity index is 0.826. The number of amides is 4. The summed E-state index contributed by atoms with van der Waals surface area (Å²) in [6.07, 6.45) is 4.99. The first-order chi connectivity index (χ1) is 33.0. The molecule has 3 atom stereocenters. The van der Waals surface area contributed by atoms with E-state index in [2.05, 4.69) is 30.9 Å². The van der Waals surface area contributed by atoms with Crippen LogP contribution in [0.25, 0.3) is 21.3 Å². The third-order valence-electron chi connectivity index (χ3n) is 12.6. The average Bonchev–Trinajstić information content (AvgIpc) is 3.95. The highest BCUT2D eigenvalue weighted by atomic mass is 35.5. The standard InChI is InChI=1S/C50H59Cl2FN8O7S/c1-29-45(69-28-57-29)31-14-12-30(13-15-31)25-54-48(65)38-22-32(62)26-61(38)49(66)46(50(2,3)4)59-41(63)10-8-6-7-9-11-42(64)60-20-18-33(19-21-60)68-40-23-34-37(24-39(40)67-5)55-27-56-47(34)58-36-17-16-35(51)43(52)44(36)53/h12-17,23-24,27-28,32-33,38,46,62H,6-11,18-22,25-26H2,1-5H3,(H,54,65)(H,59,63)(H,55,56,58)/t32-,38+,46-/m1/s1. The number of unbranched alkanes of at least 4 members (excludes halogenated alkanes) is 3. The van der Waals surface area contributed by atoms with Crippen molar-refractivity contribution in [3.05, 3.63) is 87.5 Å². The molecule has 368 valence electrons. The molecule has 2 aliphatic rings. The van der Waals surface area contributed by atoms with Crippen LogP contribution in [0.2, 0.25) is 10.0 Å². The molecule has 0 radical (unpaired) electrons. The molecule has 19 heteroatoms. The second-order valence-electron chi connectivity index (χ2n) is 18.6. The predicted molar refractivity (Wildman–Crippen MR) is 265 cm³/mol. The molecule has 4 amide bonds. The Morgan fingerprint density at radius 1 is 0.957 bits per heavy atom. The third kappa shape index (κ3) is 12.8. The lowest BCUT2D eigenvalue weighted by Gasteiger charge is -2.35. The number of aliphatic hydroxyl groups excluding tert-OH is 1. The van der Waals surface area contributed by atoms with Crippen LogP contribution in [-0.2, 0) is 25.7 Å². The normalized spacial score (nSPS) is 16.9. The number of fused-ring (bicyclic) bond motifs is 1. The Hall–Kier alpha value is -5.62. The van der Waals surface area contributed by atoms with Crippen LogP contribution in [0.1, 0.15) is 89.8 Å². The molecule has 0 spiro atoms. The van der Waals surface area contributed by atoms with Crippen LogP contribution in [0.5, 0.6) is 11.5 Å². The summed E-state index contributed by atoms with van der Waals surface area (Å²) >= 11 is 13.6.